The second kappa shape index (κ2) is 5.41. The van der Waals surface area contributed by atoms with Crippen LogP contribution in [0.15, 0.2) is 54.7 Å². The van der Waals surface area contributed by atoms with Crippen molar-refractivity contribution in [3.8, 4) is 11.1 Å². The van der Waals surface area contributed by atoms with Crippen LogP contribution in [0.1, 0.15) is 40.5 Å². The molecule has 0 saturated heterocycles. The SMILES string of the molecule is Cc1cc2ccccc2c(-c2ccc3c4c(ccnc24)C2CC32)c1CC(=O)O. The third kappa shape index (κ3) is 2.04. The van der Waals surface area contributed by atoms with Crippen molar-refractivity contribution in [2.75, 3.05) is 0 Å². The molecule has 2 atom stereocenters. The van der Waals surface area contributed by atoms with Gasteiger partial charge < -0.3 is 5.11 Å². The largest absolute Gasteiger partial charge is 0.481 e. The van der Waals surface area contributed by atoms with Crippen molar-refractivity contribution < 1.29 is 9.90 Å². The molecule has 2 aliphatic rings. The number of aliphatic carboxylic acids is 1. The van der Waals surface area contributed by atoms with E-state index in [1.54, 1.807) is 0 Å². The molecule has 2 unspecified atom stereocenters. The molecule has 0 radical (unpaired) electrons. The van der Waals surface area contributed by atoms with E-state index in [1.165, 1.54) is 22.9 Å². The van der Waals surface area contributed by atoms with Gasteiger partial charge in [0.05, 0.1) is 11.9 Å². The molecule has 0 bridgehead atoms. The van der Waals surface area contributed by atoms with Crippen molar-refractivity contribution >= 4 is 27.6 Å². The van der Waals surface area contributed by atoms with Crippen LogP contribution < -0.4 is 0 Å². The molecule has 0 aliphatic heterocycles. The number of aromatic nitrogens is 1. The van der Waals surface area contributed by atoms with E-state index < -0.39 is 5.97 Å². The second-order valence-corrected chi connectivity index (χ2v) is 8.11. The number of pyridine rings is 1. The quantitative estimate of drug-likeness (QED) is 0.516. The average molecular weight is 365 g/mol. The van der Waals surface area contributed by atoms with Crippen LogP contribution in [0.4, 0.5) is 0 Å². The Morgan fingerprint density at radius 3 is 2.71 bits per heavy atom. The molecule has 1 fully saturated rings. The molecule has 6 rings (SSSR count). The molecule has 1 aromatic heterocycles. The van der Waals surface area contributed by atoms with Crippen molar-refractivity contribution in [2.45, 2.75) is 31.6 Å². The highest BCUT2D eigenvalue weighted by atomic mass is 16.4. The molecule has 28 heavy (non-hydrogen) atoms. The van der Waals surface area contributed by atoms with Crippen LogP contribution in [-0.2, 0) is 11.2 Å². The lowest BCUT2D eigenvalue weighted by Gasteiger charge is -2.18. The van der Waals surface area contributed by atoms with E-state index in [9.17, 15) is 9.90 Å². The van der Waals surface area contributed by atoms with E-state index in [4.69, 9.17) is 4.98 Å². The second-order valence-electron chi connectivity index (χ2n) is 8.11. The van der Waals surface area contributed by atoms with Gasteiger partial charge in [0, 0.05) is 17.1 Å². The summed E-state index contributed by atoms with van der Waals surface area (Å²) in [5.74, 6) is 0.506. The molecule has 3 aromatic carbocycles. The summed E-state index contributed by atoms with van der Waals surface area (Å²) in [7, 11) is 0. The van der Waals surface area contributed by atoms with Gasteiger partial charge >= 0.3 is 5.97 Å². The third-order valence-electron chi connectivity index (χ3n) is 6.52. The third-order valence-corrected chi connectivity index (χ3v) is 6.52. The van der Waals surface area contributed by atoms with Crippen LogP contribution in [-0.4, -0.2) is 16.1 Å². The Bertz CT molecular complexity index is 1310. The first kappa shape index (κ1) is 15.8. The molecule has 0 spiro atoms. The summed E-state index contributed by atoms with van der Waals surface area (Å²) in [5, 5.41) is 13.1. The van der Waals surface area contributed by atoms with Crippen LogP contribution >= 0.6 is 0 Å². The standard InChI is InChI=1S/C25H19NO2/c1-13-10-14-4-2-3-5-15(14)23(19(13)12-22(27)28)18-7-6-16-20-11-21(20)17-8-9-26-25(18)24(16)17/h2-10,20-21H,11-12H2,1H3,(H,27,28). The van der Waals surface area contributed by atoms with Gasteiger partial charge in [0.15, 0.2) is 0 Å². The lowest BCUT2D eigenvalue weighted by atomic mass is 9.86. The molecule has 0 amide bonds. The highest BCUT2D eigenvalue weighted by Crippen LogP contribution is 2.63. The number of carboxylic acid groups (broad SMARTS) is 1. The Labute approximate surface area is 162 Å². The lowest BCUT2D eigenvalue weighted by Crippen LogP contribution is -2.05. The number of nitrogens with zero attached hydrogens (tertiary/aromatic N) is 1. The van der Waals surface area contributed by atoms with Gasteiger partial charge in [-0.25, -0.2) is 0 Å². The van der Waals surface area contributed by atoms with Gasteiger partial charge in [-0.3, -0.25) is 9.78 Å². The Balaban J connectivity index is 1.75. The predicted octanol–water partition coefficient (Wildman–Crippen LogP) is 5.58. The number of aryl methyl sites for hydroxylation is 1. The zero-order chi connectivity index (χ0) is 19.0. The van der Waals surface area contributed by atoms with Crippen LogP contribution in [0.3, 0.4) is 0 Å². The van der Waals surface area contributed by atoms with Crippen molar-refractivity contribution in [2.24, 2.45) is 0 Å². The van der Waals surface area contributed by atoms with Gasteiger partial charge in [-0.1, -0.05) is 42.5 Å². The molecule has 3 nitrogen and oxygen atoms in total. The number of hydrogen-bond donors (Lipinski definition) is 1. The molecule has 2 aliphatic carbocycles. The van der Waals surface area contributed by atoms with Gasteiger partial charge in [0.25, 0.3) is 0 Å². The number of carbonyl (C=O) groups is 1. The molecule has 1 heterocycles. The number of carboxylic acids is 1. The van der Waals surface area contributed by atoms with Crippen molar-refractivity contribution in [3.63, 3.8) is 0 Å². The fourth-order valence-electron chi connectivity index (χ4n) is 5.24. The average Bonchev–Trinajstić information content (AvgIpc) is 3.42. The first-order valence-corrected chi connectivity index (χ1v) is 9.78. The van der Waals surface area contributed by atoms with Gasteiger partial charge in [-0.2, -0.15) is 0 Å². The number of rotatable bonds is 3. The van der Waals surface area contributed by atoms with E-state index >= 15 is 0 Å². The number of hydrogen-bond acceptors (Lipinski definition) is 2. The highest BCUT2D eigenvalue weighted by Gasteiger charge is 2.47. The Morgan fingerprint density at radius 1 is 1.11 bits per heavy atom. The van der Waals surface area contributed by atoms with E-state index in [1.807, 2.05) is 25.3 Å². The molecule has 136 valence electrons. The van der Waals surface area contributed by atoms with E-state index in [-0.39, 0.29) is 6.42 Å². The van der Waals surface area contributed by atoms with Gasteiger partial charge in [0.1, 0.15) is 0 Å². The highest BCUT2D eigenvalue weighted by molar-refractivity contribution is 6.08. The van der Waals surface area contributed by atoms with Gasteiger partial charge in [-0.05, 0) is 69.8 Å². The maximum Gasteiger partial charge on any atom is 0.307 e. The van der Waals surface area contributed by atoms with E-state index in [0.717, 1.165) is 38.5 Å². The minimum Gasteiger partial charge on any atom is -0.481 e. The molecule has 3 heteroatoms. The number of benzene rings is 3. The smallest absolute Gasteiger partial charge is 0.307 e. The zero-order valence-corrected chi connectivity index (χ0v) is 15.6. The van der Waals surface area contributed by atoms with E-state index in [2.05, 4.69) is 36.4 Å². The van der Waals surface area contributed by atoms with Crippen molar-refractivity contribution in [3.05, 3.63) is 77.0 Å². The fourth-order valence-corrected chi connectivity index (χ4v) is 5.24. The van der Waals surface area contributed by atoms with Crippen LogP contribution in [0.2, 0.25) is 0 Å². The van der Waals surface area contributed by atoms with Gasteiger partial charge in [-0.15, -0.1) is 0 Å². The molecular formula is C25H19NO2. The summed E-state index contributed by atoms with van der Waals surface area (Å²) in [6.07, 6.45) is 3.18. The summed E-state index contributed by atoms with van der Waals surface area (Å²) in [6.45, 7) is 2.01. The Hall–Kier alpha value is -3.20. The Morgan fingerprint density at radius 2 is 1.89 bits per heavy atom. The fraction of sp³-hybridized carbons (Fsp3) is 0.200. The number of fused-ring (bicyclic) bond motifs is 4. The first-order chi connectivity index (χ1) is 13.6. The normalized spacial score (nSPS) is 19.2. The monoisotopic (exact) mass is 365 g/mol. The lowest BCUT2D eigenvalue weighted by molar-refractivity contribution is -0.136. The summed E-state index contributed by atoms with van der Waals surface area (Å²) >= 11 is 0. The summed E-state index contributed by atoms with van der Waals surface area (Å²) in [6, 6.07) is 16.9. The zero-order valence-electron chi connectivity index (χ0n) is 15.6. The van der Waals surface area contributed by atoms with Gasteiger partial charge in [0.2, 0.25) is 0 Å². The topological polar surface area (TPSA) is 50.2 Å². The summed E-state index contributed by atoms with van der Waals surface area (Å²) in [4.78, 5) is 16.4. The maximum atomic E-state index is 11.7. The first-order valence-electron chi connectivity index (χ1n) is 9.78. The van der Waals surface area contributed by atoms with Crippen molar-refractivity contribution in [1.29, 1.82) is 0 Å². The van der Waals surface area contributed by atoms with Crippen LogP contribution in [0, 0.1) is 6.92 Å². The minimum atomic E-state index is -0.806. The van der Waals surface area contributed by atoms with E-state index in [0.29, 0.717) is 11.8 Å². The predicted molar refractivity (Wildman–Crippen MR) is 111 cm³/mol. The minimum absolute atomic E-state index is 0.0141. The summed E-state index contributed by atoms with van der Waals surface area (Å²) < 4.78 is 0. The summed E-state index contributed by atoms with van der Waals surface area (Å²) in [5.41, 5.74) is 7.84. The van der Waals surface area contributed by atoms with Crippen molar-refractivity contribution in [1.82, 2.24) is 4.98 Å². The Kier molecular flexibility index (Phi) is 3.06. The van der Waals surface area contributed by atoms with Crippen LogP contribution in [0.5, 0.6) is 0 Å². The molecule has 1 N–H and O–H groups in total. The molecule has 1 saturated carbocycles. The molecular weight excluding hydrogens is 346 g/mol. The molecule has 4 aromatic rings. The van der Waals surface area contributed by atoms with Crippen LogP contribution in [0.25, 0.3) is 32.8 Å². The maximum absolute atomic E-state index is 11.7.